The molecule has 0 aliphatic heterocycles. The molecule has 2 aromatic rings. The van der Waals surface area contributed by atoms with Crippen molar-refractivity contribution < 1.29 is 33.6 Å². The Balaban J connectivity index is 1.88. The number of amides is 7. The fourth-order valence-corrected chi connectivity index (χ4v) is 7.98. The molecule has 2 atom stereocenters. The van der Waals surface area contributed by atoms with Crippen LogP contribution in [0.15, 0.2) is 73.3 Å². The van der Waals surface area contributed by atoms with Crippen molar-refractivity contribution in [3.63, 3.8) is 0 Å². The lowest BCUT2D eigenvalue weighted by atomic mass is 10.1. The van der Waals surface area contributed by atoms with Crippen LogP contribution in [-0.4, -0.2) is 168 Å². The molecular formula is C47H72N10O7S. The highest BCUT2D eigenvalue weighted by atomic mass is 32.1. The summed E-state index contributed by atoms with van der Waals surface area (Å²) in [6.07, 6.45) is 7.81. The molecule has 0 radical (unpaired) electrons. The summed E-state index contributed by atoms with van der Waals surface area (Å²) in [5, 5.41) is 2.49. The van der Waals surface area contributed by atoms with Crippen molar-refractivity contribution in [3.8, 4) is 0 Å². The van der Waals surface area contributed by atoms with Crippen LogP contribution in [0.4, 0.5) is 0 Å². The van der Waals surface area contributed by atoms with Gasteiger partial charge in [0.2, 0.25) is 41.4 Å². The monoisotopic (exact) mass is 921 g/mol. The number of hydrogen-bond acceptors (Lipinski definition) is 11. The summed E-state index contributed by atoms with van der Waals surface area (Å²) in [5.41, 5.74) is 18.5. The molecule has 65 heavy (non-hydrogen) atoms. The fourth-order valence-electron chi connectivity index (χ4n) is 7.71. The van der Waals surface area contributed by atoms with Gasteiger partial charge in [-0.3, -0.25) is 38.5 Å². The van der Waals surface area contributed by atoms with Crippen LogP contribution < -0.4 is 22.5 Å². The number of hydrogen-bond donors (Lipinski definition) is 5. The van der Waals surface area contributed by atoms with Gasteiger partial charge in [-0.2, -0.15) is 12.6 Å². The summed E-state index contributed by atoms with van der Waals surface area (Å²) in [6.45, 7) is 4.99. The molecule has 1 fully saturated rings. The minimum Gasteiger partial charge on any atom is -0.368 e. The Labute approximate surface area is 390 Å². The van der Waals surface area contributed by atoms with E-state index in [9.17, 15) is 33.6 Å². The van der Waals surface area contributed by atoms with E-state index in [1.807, 2.05) is 74.6 Å². The molecule has 2 aromatic carbocycles. The number of nitrogens with two attached hydrogens (primary N) is 3. The molecule has 1 aliphatic rings. The number of nitrogens with one attached hydrogen (secondary N) is 1. The van der Waals surface area contributed by atoms with Crippen molar-refractivity contribution in [2.75, 3.05) is 84.8 Å². The van der Waals surface area contributed by atoms with Crippen LogP contribution in [-0.2, 0) is 40.1 Å². The number of unbranched alkanes of at least 4 members (excludes halogenated alkanes) is 2. The van der Waals surface area contributed by atoms with Crippen LogP contribution in [0.25, 0.3) is 0 Å². The van der Waals surface area contributed by atoms with Gasteiger partial charge in [-0.25, -0.2) is 0 Å². The van der Waals surface area contributed by atoms with Gasteiger partial charge in [0.1, 0.15) is 25.7 Å². The highest BCUT2D eigenvalue weighted by Crippen LogP contribution is 2.24. The Morgan fingerprint density at radius 3 is 1.75 bits per heavy atom. The van der Waals surface area contributed by atoms with E-state index < -0.39 is 73.7 Å². The summed E-state index contributed by atoms with van der Waals surface area (Å²) in [5.74, 6) is -3.70. The largest absolute Gasteiger partial charge is 0.368 e. The second kappa shape index (κ2) is 29.3. The maximum Gasteiger partial charge on any atom is 0.243 e. The Kier molecular flexibility index (Phi) is 24.3. The van der Waals surface area contributed by atoms with Crippen LogP contribution in [0.1, 0.15) is 75.5 Å². The van der Waals surface area contributed by atoms with E-state index in [4.69, 9.17) is 17.2 Å². The third-order valence-corrected chi connectivity index (χ3v) is 12.0. The van der Waals surface area contributed by atoms with Crippen molar-refractivity contribution in [1.82, 2.24) is 34.7 Å². The van der Waals surface area contributed by atoms with Crippen molar-refractivity contribution in [2.45, 2.75) is 83.0 Å². The lowest BCUT2D eigenvalue weighted by molar-refractivity contribution is -0.148. The van der Waals surface area contributed by atoms with Gasteiger partial charge in [-0.15, -0.1) is 6.58 Å². The minimum absolute atomic E-state index is 0.0346. The molecule has 3 rings (SSSR count). The normalized spacial score (nSPS) is 13.4. The summed E-state index contributed by atoms with van der Waals surface area (Å²) >= 11 is 4.08. The van der Waals surface area contributed by atoms with Crippen LogP contribution in [0.2, 0.25) is 0 Å². The number of likely N-dealkylation sites (N-methyl/N-ethyl adjacent to an activating group) is 1. The summed E-state index contributed by atoms with van der Waals surface area (Å²) in [4.78, 5) is 105. The summed E-state index contributed by atoms with van der Waals surface area (Å²) in [6, 6.07) is 17.4. The molecule has 18 heteroatoms. The van der Waals surface area contributed by atoms with Gasteiger partial charge in [-0.1, -0.05) is 79.6 Å². The third-order valence-electron chi connectivity index (χ3n) is 11.6. The van der Waals surface area contributed by atoms with E-state index >= 15 is 0 Å². The topological polar surface area (TPSA) is 229 Å². The van der Waals surface area contributed by atoms with Gasteiger partial charge in [0.15, 0.2) is 0 Å². The standard InChI is InChI=1S/C47H72N10O7S/c1-4-25-53(31-44(61)55(27-16-14-24-49)32-43(60)54(26-15-13-23-48)29-41(58)51-40(35-65)47(50)64)45(62)34-57(36(2)38-19-9-6-10-20-38)46(63)33-56(28-37-17-7-5-8-18-37)42(59)30-52(3)39-21-11-12-22-39/h4-10,17-20,36,39-40,65H,1,11-16,21-35,48-49H2,2-3H3,(H2,50,64)(H,51,58). The zero-order valence-corrected chi connectivity index (χ0v) is 39.3. The summed E-state index contributed by atoms with van der Waals surface area (Å²) < 4.78 is 0. The molecule has 17 nitrogen and oxygen atoms in total. The quantitative estimate of drug-likeness (QED) is 0.0431. The van der Waals surface area contributed by atoms with E-state index in [2.05, 4.69) is 29.4 Å². The molecule has 2 unspecified atom stereocenters. The highest BCUT2D eigenvalue weighted by Gasteiger charge is 2.32. The van der Waals surface area contributed by atoms with E-state index in [0.717, 1.165) is 36.8 Å². The van der Waals surface area contributed by atoms with Crippen LogP contribution in [0, 0.1) is 0 Å². The van der Waals surface area contributed by atoms with Gasteiger partial charge in [0, 0.05) is 38.0 Å². The maximum absolute atomic E-state index is 14.6. The number of thiol groups is 1. The first-order valence-electron chi connectivity index (χ1n) is 22.6. The molecule has 0 aromatic heterocycles. The molecule has 0 heterocycles. The van der Waals surface area contributed by atoms with Gasteiger partial charge in [0.05, 0.1) is 25.7 Å². The van der Waals surface area contributed by atoms with Crippen LogP contribution >= 0.6 is 12.6 Å². The Hall–Kier alpha value is -5.30. The lowest BCUT2D eigenvalue weighted by Crippen LogP contribution is -2.53. The van der Waals surface area contributed by atoms with E-state index in [0.29, 0.717) is 44.8 Å². The number of rotatable bonds is 30. The Bertz CT molecular complexity index is 1840. The van der Waals surface area contributed by atoms with Gasteiger partial charge in [-0.05, 0) is 76.7 Å². The van der Waals surface area contributed by atoms with Crippen LogP contribution in [0.3, 0.4) is 0 Å². The highest BCUT2D eigenvalue weighted by molar-refractivity contribution is 7.80. The smallest absolute Gasteiger partial charge is 0.243 e. The predicted octanol–water partition coefficient (Wildman–Crippen LogP) is 1.53. The van der Waals surface area contributed by atoms with Crippen molar-refractivity contribution >= 4 is 54.0 Å². The molecule has 358 valence electrons. The number of primary amides is 1. The maximum atomic E-state index is 14.6. The average molecular weight is 921 g/mol. The first-order valence-corrected chi connectivity index (χ1v) is 23.3. The zero-order chi connectivity index (χ0) is 47.7. The minimum atomic E-state index is -1.04. The number of benzene rings is 2. The number of carbonyl (C=O) groups is 7. The lowest BCUT2D eigenvalue weighted by Gasteiger charge is -2.34. The summed E-state index contributed by atoms with van der Waals surface area (Å²) in [7, 11) is 1.94. The molecule has 0 spiro atoms. The fraction of sp³-hybridized carbons (Fsp3) is 0.553. The average Bonchev–Trinajstić information content (AvgIpc) is 3.85. The SMILES string of the molecule is C=CCN(CC(=O)N(CCCCN)CC(=O)N(CCCCN)CC(=O)NC(CS)C(N)=O)C(=O)CN(C(=O)CN(Cc1ccccc1)C(=O)CN(C)C1CCCC1)C(C)c1ccccc1. The van der Waals surface area contributed by atoms with E-state index in [-0.39, 0.29) is 50.9 Å². The second-order valence-corrected chi connectivity index (χ2v) is 17.0. The first kappa shape index (κ1) is 54.0. The first-order chi connectivity index (χ1) is 31.2. The molecule has 1 saturated carbocycles. The molecular weight excluding hydrogens is 849 g/mol. The third kappa shape index (κ3) is 18.6. The van der Waals surface area contributed by atoms with Gasteiger partial charge >= 0.3 is 0 Å². The molecule has 7 amide bonds. The zero-order valence-electron chi connectivity index (χ0n) is 38.4. The number of nitrogens with zero attached hydrogens (tertiary/aromatic N) is 6. The second-order valence-electron chi connectivity index (χ2n) is 16.6. The molecule has 1 aliphatic carbocycles. The van der Waals surface area contributed by atoms with Crippen LogP contribution in [0.5, 0.6) is 0 Å². The van der Waals surface area contributed by atoms with Crippen molar-refractivity contribution in [3.05, 3.63) is 84.4 Å². The predicted molar refractivity (Wildman–Crippen MR) is 255 cm³/mol. The Morgan fingerprint density at radius 2 is 1.22 bits per heavy atom. The van der Waals surface area contributed by atoms with Gasteiger partial charge < -0.3 is 47.0 Å². The molecule has 0 bridgehead atoms. The van der Waals surface area contributed by atoms with E-state index in [1.165, 1.54) is 25.7 Å². The van der Waals surface area contributed by atoms with Crippen molar-refractivity contribution in [1.29, 1.82) is 0 Å². The molecule has 0 saturated heterocycles. The Morgan fingerprint density at radius 1 is 0.708 bits per heavy atom. The molecule has 7 N–H and O–H groups in total. The van der Waals surface area contributed by atoms with Crippen molar-refractivity contribution in [2.24, 2.45) is 17.2 Å². The van der Waals surface area contributed by atoms with E-state index in [1.54, 1.807) is 4.90 Å². The van der Waals surface area contributed by atoms with Gasteiger partial charge in [0.25, 0.3) is 0 Å². The number of carbonyl (C=O) groups excluding carboxylic acids is 7.